The summed E-state index contributed by atoms with van der Waals surface area (Å²) in [5, 5.41) is 27.7. The number of rotatable bonds is 9. The maximum absolute atomic E-state index is 11.2. The fraction of sp³-hybridized carbons (Fsp3) is 0.435. The third-order valence-electron chi connectivity index (χ3n) is 5.39. The molecule has 0 radical (unpaired) electrons. The first-order chi connectivity index (χ1) is 17.1. The van der Waals surface area contributed by atoms with Crippen molar-refractivity contribution in [3.63, 3.8) is 0 Å². The summed E-state index contributed by atoms with van der Waals surface area (Å²) < 4.78 is 37.1. The summed E-state index contributed by atoms with van der Waals surface area (Å²) in [4.78, 5) is 29.3. The van der Waals surface area contributed by atoms with Crippen LogP contribution in [-0.4, -0.2) is 50.0 Å². The number of halogens is 3. The molecule has 3 aromatic heterocycles. The number of alkyl halides is 3. The SMILES string of the molecule is O=C(O)C(F)(F)F.O=C(O)CC(Cc1nc(CCCc2ccc3c(n2)NCCC3)no1)c1ccsc1. The number of carboxylic acids is 2. The number of aryl methyl sites for hydroxylation is 3. The van der Waals surface area contributed by atoms with Gasteiger partial charge in [0.15, 0.2) is 5.82 Å². The second kappa shape index (κ2) is 12.5. The van der Waals surface area contributed by atoms with E-state index >= 15 is 0 Å². The van der Waals surface area contributed by atoms with Gasteiger partial charge < -0.3 is 20.1 Å². The first-order valence-corrected chi connectivity index (χ1v) is 12.1. The van der Waals surface area contributed by atoms with Gasteiger partial charge in [0.2, 0.25) is 5.89 Å². The summed E-state index contributed by atoms with van der Waals surface area (Å²) in [7, 11) is 0. The van der Waals surface area contributed by atoms with Crippen molar-refractivity contribution in [2.45, 2.75) is 57.0 Å². The third-order valence-corrected chi connectivity index (χ3v) is 6.10. The van der Waals surface area contributed by atoms with E-state index in [2.05, 4.69) is 27.6 Å². The Morgan fingerprint density at radius 3 is 2.61 bits per heavy atom. The van der Waals surface area contributed by atoms with Crippen LogP contribution in [0.15, 0.2) is 33.5 Å². The molecule has 194 valence electrons. The van der Waals surface area contributed by atoms with Crippen molar-refractivity contribution in [2.75, 3.05) is 11.9 Å². The highest BCUT2D eigenvalue weighted by atomic mass is 32.1. The number of anilines is 1. The van der Waals surface area contributed by atoms with Crippen LogP contribution in [0.3, 0.4) is 0 Å². The number of hydrogen-bond acceptors (Lipinski definition) is 8. The molecule has 4 rings (SSSR count). The molecule has 0 aliphatic carbocycles. The predicted molar refractivity (Wildman–Crippen MR) is 124 cm³/mol. The highest BCUT2D eigenvalue weighted by molar-refractivity contribution is 7.08. The van der Waals surface area contributed by atoms with E-state index in [1.165, 1.54) is 5.56 Å². The van der Waals surface area contributed by atoms with Crippen molar-refractivity contribution in [3.05, 3.63) is 57.5 Å². The van der Waals surface area contributed by atoms with Gasteiger partial charge in [0.1, 0.15) is 5.82 Å². The average Bonchev–Trinajstić information content (AvgIpc) is 3.51. The van der Waals surface area contributed by atoms with Gasteiger partial charge >= 0.3 is 18.1 Å². The van der Waals surface area contributed by atoms with E-state index in [9.17, 15) is 23.1 Å². The van der Waals surface area contributed by atoms with Gasteiger partial charge in [-0.2, -0.15) is 29.5 Å². The van der Waals surface area contributed by atoms with E-state index in [1.54, 1.807) is 11.3 Å². The minimum atomic E-state index is -5.08. The number of carbonyl (C=O) groups is 2. The Morgan fingerprint density at radius 1 is 1.17 bits per heavy atom. The third kappa shape index (κ3) is 8.33. The van der Waals surface area contributed by atoms with Crippen LogP contribution in [0.1, 0.15) is 53.7 Å². The van der Waals surface area contributed by atoms with E-state index in [1.807, 2.05) is 16.8 Å². The largest absolute Gasteiger partial charge is 0.490 e. The zero-order chi connectivity index (χ0) is 26.1. The smallest absolute Gasteiger partial charge is 0.481 e. The highest BCUT2D eigenvalue weighted by Gasteiger charge is 2.38. The Bertz CT molecular complexity index is 1150. The van der Waals surface area contributed by atoms with Crippen molar-refractivity contribution in [1.29, 1.82) is 0 Å². The summed E-state index contributed by atoms with van der Waals surface area (Å²) in [5.74, 6) is -1.56. The first-order valence-electron chi connectivity index (χ1n) is 11.2. The molecule has 9 nitrogen and oxygen atoms in total. The molecule has 13 heteroatoms. The zero-order valence-corrected chi connectivity index (χ0v) is 19.9. The molecule has 3 N–H and O–H groups in total. The fourth-order valence-electron chi connectivity index (χ4n) is 3.65. The summed E-state index contributed by atoms with van der Waals surface area (Å²) in [6.45, 7) is 0.989. The number of thiophene rings is 1. The van der Waals surface area contributed by atoms with Crippen LogP contribution >= 0.6 is 11.3 Å². The molecule has 0 aromatic carbocycles. The van der Waals surface area contributed by atoms with Gasteiger partial charge in [0.25, 0.3) is 0 Å². The van der Waals surface area contributed by atoms with Crippen LogP contribution in [0.2, 0.25) is 0 Å². The quantitative estimate of drug-likeness (QED) is 0.368. The van der Waals surface area contributed by atoms with Crippen molar-refractivity contribution in [2.24, 2.45) is 0 Å². The van der Waals surface area contributed by atoms with Crippen molar-refractivity contribution >= 4 is 29.1 Å². The van der Waals surface area contributed by atoms with Gasteiger partial charge in [-0.3, -0.25) is 4.79 Å². The minimum Gasteiger partial charge on any atom is -0.481 e. The van der Waals surface area contributed by atoms with E-state index < -0.39 is 18.1 Å². The maximum atomic E-state index is 11.2. The minimum absolute atomic E-state index is 0.0481. The van der Waals surface area contributed by atoms with Gasteiger partial charge in [-0.05, 0) is 59.7 Å². The first kappa shape index (κ1) is 27.1. The average molecular weight is 527 g/mol. The lowest BCUT2D eigenvalue weighted by Crippen LogP contribution is -2.21. The highest BCUT2D eigenvalue weighted by Crippen LogP contribution is 2.26. The molecule has 0 spiro atoms. The summed E-state index contributed by atoms with van der Waals surface area (Å²) in [5.41, 5.74) is 3.37. The Kier molecular flexibility index (Phi) is 9.39. The molecule has 1 aliphatic rings. The number of nitrogens with zero attached hydrogens (tertiary/aromatic N) is 3. The molecule has 0 saturated heterocycles. The molecule has 1 unspecified atom stereocenters. The molecule has 4 heterocycles. The van der Waals surface area contributed by atoms with Crippen LogP contribution in [0.5, 0.6) is 0 Å². The van der Waals surface area contributed by atoms with Crippen LogP contribution in [0, 0.1) is 0 Å². The second-order valence-corrected chi connectivity index (χ2v) is 8.94. The van der Waals surface area contributed by atoms with Crippen LogP contribution in [-0.2, 0) is 35.3 Å². The standard InChI is InChI=1S/C21H24N4O3S.C2HF3O2/c26-20(27)12-16(15-8-10-29-13-15)11-19-24-18(25-28-19)5-1-4-17-7-6-14-3-2-9-22-21(14)23-17;3-2(4,5)1(6)7/h6-8,10,13,16H,1-5,9,11-12H2,(H,22,23)(H,26,27);(H,6,7). The predicted octanol–water partition coefficient (Wildman–Crippen LogP) is 4.49. The van der Waals surface area contributed by atoms with Crippen molar-refractivity contribution < 1.29 is 37.5 Å². The van der Waals surface area contributed by atoms with E-state index in [-0.39, 0.29) is 12.3 Å². The monoisotopic (exact) mass is 526 g/mol. The molecule has 0 saturated carbocycles. The van der Waals surface area contributed by atoms with Crippen LogP contribution in [0.4, 0.5) is 19.0 Å². The van der Waals surface area contributed by atoms with Gasteiger partial charge in [0.05, 0.1) is 6.42 Å². The Hall–Kier alpha value is -3.48. The van der Waals surface area contributed by atoms with E-state index in [0.29, 0.717) is 24.6 Å². The Balaban J connectivity index is 0.000000454. The molecule has 1 atom stereocenters. The summed E-state index contributed by atoms with van der Waals surface area (Å²) in [6, 6.07) is 6.23. The number of fused-ring (bicyclic) bond motifs is 1. The van der Waals surface area contributed by atoms with Gasteiger partial charge in [-0.25, -0.2) is 9.78 Å². The zero-order valence-electron chi connectivity index (χ0n) is 19.1. The lowest BCUT2D eigenvalue weighted by atomic mass is 9.95. The summed E-state index contributed by atoms with van der Waals surface area (Å²) in [6.07, 6.45) is 0.102. The lowest BCUT2D eigenvalue weighted by molar-refractivity contribution is -0.192. The topological polar surface area (TPSA) is 138 Å². The fourth-order valence-corrected chi connectivity index (χ4v) is 4.39. The van der Waals surface area contributed by atoms with Crippen molar-refractivity contribution in [1.82, 2.24) is 15.1 Å². The Morgan fingerprint density at radius 2 is 1.94 bits per heavy atom. The number of aliphatic carboxylic acids is 2. The van der Waals surface area contributed by atoms with Gasteiger partial charge in [0, 0.05) is 31.0 Å². The lowest BCUT2D eigenvalue weighted by Gasteiger charge is -2.17. The second-order valence-electron chi connectivity index (χ2n) is 8.16. The van der Waals surface area contributed by atoms with Crippen LogP contribution < -0.4 is 5.32 Å². The maximum Gasteiger partial charge on any atom is 0.490 e. The Labute approximate surface area is 208 Å². The number of carboxylic acid groups (broad SMARTS) is 2. The van der Waals surface area contributed by atoms with E-state index in [0.717, 1.165) is 49.3 Å². The van der Waals surface area contributed by atoms with Gasteiger partial charge in [-0.1, -0.05) is 11.2 Å². The molecule has 36 heavy (non-hydrogen) atoms. The summed E-state index contributed by atoms with van der Waals surface area (Å²) >= 11 is 1.56. The molecule has 0 amide bonds. The van der Waals surface area contributed by atoms with Crippen LogP contribution in [0.25, 0.3) is 0 Å². The molecule has 3 aromatic rings. The molecule has 1 aliphatic heterocycles. The molecule has 0 bridgehead atoms. The molecular formula is C23H25F3N4O5S. The normalized spacial score (nSPS) is 13.6. The molecular weight excluding hydrogens is 501 g/mol. The number of hydrogen-bond donors (Lipinski definition) is 3. The van der Waals surface area contributed by atoms with Gasteiger partial charge in [-0.15, -0.1) is 0 Å². The number of pyridine rings is 1. The molecule has 0 fully saturated rings. The number of aromatic nitrogens is 3. The van der Waals surface area contributed by atoms with E-state index in [4.69, 9.17) is 19.4 Å². The van der Waals surface area contributed by atoms with Crippen molar-refractivity contribution in [3.8, 4) is 0 Å². The number of nitrogens with one attached hydrogen (secondary N) is 1.